The lowest BCUT2D eigenvalue weighted by molar-refractivity contribution is 0.0931. The molecule has 1 aromatic carbocycles. The van der Waals surface area contributed by atoms with Crippen LogP contribution < -0.4 is 0 Å². The average Bonchev–Trinajstić information content (AvgIpc) is 2.84. The lowest BCUT2D eigenvalue weighted by Crippen LogP contribution is -2.25. The van der Waals surface area contributed by atoms with Gasteiger partial charge in [0.05, 0.1) is 22.6 Å². The molecule has 2 aromatic rings. The minimum Gasteiger partial charge on any atom is -0.294 e. The number of aryl methyl sites for hydroxylation is 1. The molecule has 0 fully saturated rings. The van der Waals surface area contributed by atoms with Crippen molar-refractivity contribution in [2.75, 3.05) is 0 Å². The quantitative estimate of drug-likeness (QED) is 0.823. The third-order valence-electron chi connectivity index (χ3n) is 5.09. The largest absolute Gasteiger partial charge is 0.294 e. The summed E-state index contributed by atoms with van der Waals surface area (Å²) in [5.41, 5.74) is 5.18. The summed E-state index contributed by atoms with van der Waals surface area (Å²) < 4.78 is 1.99. The standard InChI is InChI=1S/C20H26N2O/c1-12(2)15-6-8-17(9-7-15)22-18-10-16(13(3)4)11-19(23)20(18)14(5)21-22/h6-9,12-13,16H,10-11H2,1-5H3. The first-order valence-corrected chi connectivity index (χ1v) is 8.60. The Bertz CT molecular complexity index is 723. The summed E-state index contributed by atoms with van der Waals surface area (Å²) in [5.74, 6) is 1.70. The summed E-state index contributed by atoms with van der Waals surface area (Å²) in [6.45, 7) is 10.7. The predicted octanol–water partition coefficient (Wildman–Crippen LogP) is 4.71. The van der Waals surface area contributed by atoms with E-state index in [9.17, 15) is 4.79 Å². The highest BCUT2D eigenvalue weighted by molar-refractivity contribution is 5.99. The van der Waals surface area contributed by atoms with Gasteiger partial charge >= 0.3 is 0 Å². The normalized spacial score (nSPS) is 17.9. The van der Waals surface area contributed by atoms with Crippen LogP contribution >= 0.6 is 0 Å². The number of fused-ring (bicyclic) bond motifs is 1. The van der Waals surface area contributed by atoms with Gasteiger partial charge in [0.2, 0.25) is 0 Å². The molecule has 3 rings (SSSR count). The molecule has 1 heterocycles. The summed E-state index contributed by atoms with van der Waals surface area (Å²) in [6, 6.07) is 8.55. The number of carbonyl (C=O) groups is 1. The first kappa shape index (κ1) is 16.0. The van der Waals surface area contributed by atoms with Crippen LogP contribution in [0.4, 0.5) is 0 Å². The summed E-state index contributed by atoms with van der Waals surface area (Å²) >= 11 is 0. The van der Waals surface area contributed by atoms with Crippen LogP contribution in [-0.2, 0) is 6.42 Å². The molecule has 0 aliphatic heterocycles. The zero-order valence-electron chi connectivity index (χ0n) is 14.8. The molecule has 0 radical (unpaired) electrons. The molecule has 0 spiro atoms. The highest BCUT2D eigenvalue weighted by atomic mass is 16.1. The number of hydrogen-bond acceptors (Lipinski definition) is 2. The van der Waals surface area contributed by atoms with Gasteiger partial charge < -0.3 is 0 Å². The SMILES string of the molecule is Cc1nn(-c2ccc(C(C)C)cc2)c2c1C(=O)CC(C(C)C)C2. The number of hydrogen-bond donors (Lipinski definition) is 0. The third-order valence-corrected chi connectivity index (χ3v) is 5.09. The second-order valence-electron chi connectivity index (χ2n) is 7.40. The molecule has 1 aliphatic carbocycles. The van der Waals surface area contributed by atoms with Crippen molar-refractivity contribution in [2.45, 2.75) is 53.4 Å². The maximum atomic E-state index is 12.6. The van der Waals surface area contributed by atoms with E-state index < -0.39 is 0 Å². The maximum Gasteiger partial charge on any atom is 0.166 e. The van der Waals surface area contributed by atoms with Gasteiger partial charge in [-0.3, -0.25) is 4.79 Å². The van der Waals surface area contributed by atoms with Crippen LogP contribution in [0.3, 0.4) is 0 Å². The van der Waals surface area contributed by atoms with Gasteiger partial charge in [-0.1, -0.05) is 39.8 Å². The molecule has 1 aliphatic rings. The molecule has 23 heavy (non-hydrogen) atoms. The molecule has 1 unspecified atom stereocenters. The zero-order valence-corrected chi connectivity index (χ0v) is 14.8. The van der Waals surface area contributed by atoms with Crippen LogP contribution in [-0.4, -0.2) is 15.6 Å². The Balaban J connectivity index is 2.05. The van der Waals surface area contributed by atoms with Crippen molar-refractivity contribution in [3.63, 3.8) is 0 Å². The van der Waals surface area contributed by atoms with Crippen molar-refractivity contribution in [3.8, 4) is 5.69 Å². The summed E-state index contributed by atoms with van der Waals surface area (Å²) in [6.07, 6.45) is 1.59. The summed E-state index contributed by atoms with van der Waals surface area (Å²) in [4.78, 5) is 12.6. The number of nitrogens with zero attached hydrogens (tertiary/aromatic N) is 2. The van der Waals surface area contributed by atoms with Gasteiger partial charge in [0, 0.05) is 6.42 Å². The Kier molecular flexibility index (Phi) is 4.13. The van der Waals surface area contributed by atoms with Crippen LogP contribution in [0.5, 0.6) is 0 Å². The van der Waals surface area contributed by atoms with Crippen molar-refractivity contribution in [3.05, 3.63) is 46.8 Å². The maximum absolute atomic E-state index is 12.6. The van der Waals surface area contributed by atoms with Gasteiger partial charge in [0.15, 0.2) is 5.78 Å². The molecule has 0 amide bonds. The van der Waals surface area contributed by atoms with Crippen molar-refractivity contribution in [2.24, 2.45) is 11.8 Å². The van der Waals surface area contributed by atoms with Gasteiger partial charge in [-0.2, -0.15) is 5.10 Å². The molecule has 0 saturated carbocycles. The van der Waals surface area contributed by atoms with Crippen LogP contribution in [0.2, 0.25) is 0 Å². The fourth-order valence-electron chi connectivity index (χ4n) is 3.47. The van der Waals surface area contributed by atoms with Gasteiger partial charge in [0.25, 0.3) is 0 Å². The van der Waals surface area contributed by atoms with E-state index in [1.807, 2.05) is 11.6 Å². The number of aromatic nitrogens is 2. The number of benzene rings is 1. The molecule has 3 heteroatoms. The topological polar surface area (TPSA) is 34.9 Å². The Morgan fingerprint density at radius 3 is 2.30 bits per heavy atom. The van der Waals surface area contributed by atoms with Crippen molar-refractivity contribution in [1.82, 2.24) is 9.78 Å². The minimum atomic E-state index is 0.257. The van der Waals surface area contributed by atoms with Gasteiger partial charge in [0.1, 0.15) is 0 Å². The third kappa shape index (κ3) is 2.85. The Hall–Kier alpha value is -1.90. The molecule has 0 bridgehead atoms. The van der Waals surface area contributed by atoms with E-state index in [-0.39, 0.29) is 5.78 Å². The van der Waals surface area contributed by atoms with Crippen molar-refractivity contribution in [1.29, 1.82) is 0 Å². The Morgan fingerprint density at radius 2 is 1.74 bits per heavy atom. The van der Waals surface area contributed by atoms with Crippen LogP contribution in [0.15, 0.2) is 24.3 Å². The average molecular weight is 310 g/mol. The lowest BCUT2D eigenvalue weighted by atomic mass is 9.79. The Labute approximate surface area is 138 Å². The predicted molar refractivity (Wildman–Crippen MR) is 93.4 cm³/mol. The van der Waals surface area contributed by atoms with Gasteiger partial charge in [-0.25, -0.2) is 4.68 Å². The number of rotatable bonds is 3. The fraction of sp³-hybridized carbons (Fsp3) is 0.500. The minimum absolute atomic E-state index is 0.257. The zero-order chi connectivity index (χ0) is 16.7. The first-order chi connectivity index (χ1) is 10.9. The molecule has 3 nitrogen and oxygen atoms in total. The number of Topliss-reactive ketones (excluding diaryl/α,β-unsaturated/α-hetero) is 1. The van der Waals surface area contributed by atoms with E-state index in [2.05, 4.69) is 57.1 Å². The molecule has 1 atom stereocenters. The molecule has 1 aromatic heterocycles. The van der Waals surface area contributed by atoms with E-state index in [1.165, 1.54) is 5.56 Å². The first-order valence-electron chi connectivity index (χ1n) is 8.60. The second-order valence-corrected chi connectivity index (χ2v) is 7.40. The number of carbonyl (C=O) groups excluding carboxylic acids is 1. The number of ketones is 1. The van der Waals surface area contributed by atoms with E-state index in [4.69, 9.17) is 0 Å². The Morgan fingerprint density at radius 1 is 1.09 bits per heavy atom. The van der Waals surface area contributed by atoms with Crippen LogP contribution in [0.25, 0.3) is 5.69 Å². The van der Waals surface area contributed by atoms with Crippen LogP contribution in [0.1, 0.15) is 67.3 Å². The molecule has 0 saturated heterocycles. The molecular weight excluding hydrogens is 284 g/mol. The van der Waals surface area contributed by atoms with Crippen molar-refractivity contribution >= 4 is 5.78 Å². The summed E-state index contributed by atoms with van der Waals surface area (Å²) in [7, 11) is 0. The van der Waals surface area contributed by atoms with E-state index in [0.29, 0.717) is 24.2 Å². The van der Waals surface area contributed by atoms with Gasteiger partial charge in [-0.15, -0.1) is 0 Å². The van der Waals surface area contributed by atoms with Crippen molar-refractivity contribution < 1.29 is 4.79 Å². The lowest BCUT2D eigenvalue weighted by Gasteiger charge is -2.25. The van der Waals surface area contributed by atoms with Gasteiger partial charge in [-0.05, 0) is 48.8 Å². The smallest absolute Gasteiger partial charge is 0.166 e. The monoisotopic (exact) mass is 310 g/mol. The summed E-state index contributed by atoms with van der Waals surface area (Å²) in [5, 5.41) is 4.68. The van der Waals surface area contributed by atoms with Crippen LogP contribution in [0, 0.1) is 18.8 Å². The highest BCUT2D eigenvalue weighted by Crippen LogP contribution is 2.33. The molecule has 122 valence electrons. The van der Waals surface area contributed by atoms with E-state index in [1.54, 1.807) is 0 Å². The molecular formula is C20H26N2O. The van der Waals surface area contributed by atoms with E-state index >= 15 is 0 Å². The fourth-order valence-corrected chi connectivity index (χ4v) is 3.47. The second kappa shape index (κ2) is 5.95. The molecule has 0 N–H and O–H groups in total. The highest BCUT2D eigenvalue weighted by Gasteiger charge is 2.32. The van der Waals surface area contributed by atoms with E-state index in [0.717, 1.165) is 29.1 Å².